The predicted molar refractivity (Wildman–Crippen MR) is 81.2 cm³/mol. The number of hydrogen-bond acceptors (Lipinski definition) is 4. The highest BCUT2D eigenvalue weighted by Gasteiger charge is 2.22. The van der Waals surface area contributed by atoms with Crippen molar-refractivity contribution < 1.29 is 14.3 Å². The SMILES string of the molecule is CC1CCNC(CC(=O)c2ccc3c(c2)OCCCO3)C1. The van der Waals surface area contributed by atoms with E-state index in [4.69, 9.17) is 9.47 Å². The van der Waals surface area contributed by atoms with Gasteiger partial charge in [-0.1, -0.05) is 6.92 Å². The maximum atomic E-state index is 12.5. The Morgan fingerprint density at radius 1 is 1.29 bits per heavy atom. The second-order valence-electron chi connectivity index (χ2n) is 6.12. The molecule has 0 aromatic heterocycles. The molecule has 0 radical (unpaired) electrons. The van der Waals surface area contributed by atoms with Crippen LogP contribution in [0.2, 0.25) is 0 Å². The summed E-state index contributed by atoms with van der Waals surface area (Å²) in [5.41, 5.74) is 0.722. The summed E-state index contributed by atoms with van der Waals surface area (Å²) in [6.07, 6.45) is 3.72. The molecule has 1 N–H and O–H groups in total. The van der Waals surface area contributed by atoms with Crippen LogP contribution in [0.1, 0.15) is 43.0 Å². The van der Waals surface area contributed by atoms with Crippen LogP contribution in [0.15, 0.2) is 18.2 Å². The minimum Gasteiger partial charge on any atom is -0.490 e. The molecule has 0 bridgehead atoms. The summed E-state index contributed by atoms with van der Waals surface area (Å²) >= 11 is 0. The standard InChI is InChI=1S/C17H23NO3/c1-12-5-6-18-14(9-12)11-15(19)13-3-4-16-17(10-13)21-8-2-7-20-16/h3-4,10,12,14,18H,2,5-9,11H2,1H3. The van der Waals surface area contributed by atoms with Crippen LogP contribution in [0.4, 0.5) is 0 Å². The largest absolute Gasteiger partial charge is 0.490 e. The third-order valence-electron chi connectivity index (χ3n) is 4.26. The van der Waals surface area contributed by atoms with Gasteiger partial charge in [-0.05, 0) is 43.5 Å². The average Bonchev–Trinajstić information content (AvgIpc) is 2.71. The van der Waals surface area contributed by atoms with E-state index < -0.39 is 0 Å². The fourth-order valence-corrected chi connectivity index (χ4v) is 3.05. The molecule has 0 aliphatic carbocycles. The number of hydrogen-bond donors (Lipinski definition) is 1. The Morgan fingerprint density at radius 2 is 2.10 bits per heavy atom. The minimum atomic E-state index is 0.178. The molecule has 0 saturated carbocycles. The first-order valence-electron chi connectivity index (χ1n) is 7.88. The van der Waals surface area contributed by atoms with E-state index in [-0.39, 0.29) is 5.78 Å². The van der Waals surface area contributed by atoms with Crippen LogP contribution in [0.25, 0.3) is 0 Å². The number of nitrogens with one attached hydrogen (secondary N) is 1. The van der Waals surface area contributed by atoms with Gasteiger partial charge in [0.2, 0.25) is 0 Å². The number of piperidine rings is 1. The third kappa shape index (κ3) is 3.56. The third-order valence-corrected chi connectivity index (χ3v) is 4.26. The molecule has 2 unspecified atom stereocenters. The van der Waals surface area contributed by atoms with Gasteiger partial charge in [-0.3, -0.25) is 4.79 Å². The summed E-state index contributed by atoms with van der Waals surface area (Å²) in [5.74, 6) is 2.32. The van der Waals surface area contributed by atoms with Crippen molar-refractivity contribution >= 4 is 5.78 Å². The van der Waals surface area contributed by atoms with Crippen molar-refractivity contribution in [2.45, 2.75) is 38.6 Å². The molecule has 2 atom stereocenters. The van der Waals surface area contributed by atoms with Crippen LogP contribution in [0.5, 0.6) is 11.5 Å². The Morgan fingerprint density at radius 3 is 2.90 bits per heavy atom. The van der Waals surface area contributed by atoms with Gasteiger partial charge in [0.25, 0.3) is 0 Å². The highest BCUT2D eigenvalue weighted by molar-refractivity contribution is 5.97. The molecule has 1 saturated heterocycles. The van der Waals surface area contributed by atoms with Crippen molar-refractivity contribution in [1.82, 2.24) is 5.32 Å². The van der Waals surface area contributed by atoms with Gasteiger partial charge in [-0.2, -0.15) is 0 Å². The summed E-state index contributed by atoms with van der Waals surface area (Å²) in [7, 11) is 0. The Hall–Kier alpha value is -1.55. The smallest absolute Gasteiger partial charge is 0.164 e. The molecule has 0 spiro atoms. The van der Waals surface area contributed by atoms with Crippen LogP contribution in [-0.2, 0) is 0 Å². The summed E-state index contributed by atoms with van der Waals surface area (Å²) in [5, 5.41) is 3.45. The summed E-state index contributed by atoms with van der Waals surface area (Å²) < 4.78 is 11.3. The van der Waals surface area contributed by atoms with E-state index in [0.29, 0.717) is 37.3 Å². The Labute approximate surface area is 125 Å². The number of rotatable bonds is 3. The zero-order chi connectivity index (χ0) is 14.7. The number of carbonyl (C=O) groups excluding carboxylic acids is 1. The summed E-state index contributed by atoms with van der Waals surface area (Å²) in [6.45, 7) is 4.59. The number of ketones is 1. The molecule has 4 nitrogen and oxygen atoms in total. The molecule has 2 aliphatic heterocycles. The van der Waals surface area contributed by atoms with Crippen molar-refractivity contribution in [1.29, 1.82) is 0 Å². The molecule has 3 rings (SSSR count). The van der Waals surface area contributed by atoms with E-state index in [1.807, 2.05) is 18.2 Å². The van der Waals surface area contributed by atoms with Crippen LogP contribution >= 0.6 is 0 Å². The fourth-order valence-electron chi connectivity index (χ4n) is 3.05. The molecule has 2 heterocycles. The first-order chi connectivity index (χ1) is 10.2. The van der Waals surface area contributed by atoms with E-state index >= 15 is 0 Å². The zero-order valence-corrected chi connectivity index (χ0v) is 12.6. The topological polar surface area (TPSA) is 47.6 Å². The maximum absolute atomic E-state index is 12.5. The Balaban J connectivity index is 1.68. The van der Waals surface area contributed by atoms with Gasteiger partial charge in [-0.15, -0.1) is 0 Å². The van der Waals surface area contributed by atoms with Crippen molar-refractivity contribution in [3.8, 4) is 11.5 Å². The molecule has 4 heteroatoms. The highest BCUT2D eigenvalue weighted by Crippen LogP contribution is 2.31. The predicted octanol–water partition coefficient (Wildman–Crippen LogP) is 2.81. The van der Waals surface area contributed by atoms with E-state index in [9.17, 15) is 4.79 Å². The normalized spacial score (nSPS) is 25.2. The van der Waals surface area contributed by atoms with E-state index in [0.717, 1.165) is 30.7 Å². The molecular weight excluding hydrogens is 266 g/mol. The monoisotopic (exact) mass is 289 g/mol. The minimum absolute atomic E-state index is 0.178. The zero-order valence-electron chi connectivity index (χ0n) is 12.6. The van der Waals surface area contributed by atoms with Crippen LogP contribution in [0, 0.1) is 5.92 Å². The Bertz CT molecular complexity index is 515. The molecule has 21 heavy (non-hydrogen) atoms. The lowest BCUT2D eigenvalue weighted by Crippen LogP contribution is -2.38. The molecule has 2 aliphatic rings. The van der Waals surface area contributed by atoms with Crippen molar-refractivity contribution in [3.63, 3.8) is 0 Å². The van der Waals surface area contributed by atoms with Gasteiger partial charge in [0, 0.05) is 24.4 Å². The first-order valence-corrected chi connectivity index (χ1v) is 7.88. The van der Waals surface area contributed by atoms with Crippen molar-refractivity contribution in [2.24, 2.45) is 5.92 Å². The van der Waals surface area contributed by atoms with Gasteiger partial charge in [0.15, 0.2) is 17.3 Å². The molecule has 1 aromatic rings. The molecule has 114 valence electrons. The van der Waals surface area contributed by atoms with Crippen LogP contribution in [-0.4, -0.2) is 31.6 Å². The number of carbonyl (C=O) groups is 1. The number of ether oxygens (including phenoxy) is 2. The lowest BCUT2D eigenvalue weighted by Gasteiger charge is -2.27. The van der Waals surface area contributed by atoms with Crippen molar-refractivity contribution in [3.05, 3.63) is 23.8 Å². The second kappa shape index (κ2) is 6.48. The van der Waals surface area contributed by atoms with Gasteiger partial charge in [0.05, 0.1) is 13.2 Å². The second-order valence-corrected chi connectivity index (χ2v) is 6.12. The fraction of sp³-hybridized carbons (Fsp3) is 0.588. The van der Waals surface area contributed by atoms with Crippen LogP contribution < -0.4 is 14.8 Å². The average molecular weight is 289 g/mol. The van der Waals surface area contributed by atoms with E-state index in [1.54, 1.807) is 0 Å². The lowest BCUT2D eigenvalue weighted by molar-refractivity contribution is 0.0958. The molecular formula is C17H23NO3. The lowest BCUT2D eigenvalue weighted by atomic mass is 9.90. The highest BCUT2D eigenvalue weighted by atomic mass is 16.5. The summed E-state index contributed by atoms with van der Waals surface area (Å²) in [6, 6.07) is 5.83. The summed E-state index contributed by atoms with van der Waals surface area (Å²) in [4.78, 5) is 12.5. The number of Topliss-reactive ketones (excluding diaryl/α,β-unsaturated/α-hetero) is 1. The van der Waals surface area contributed by atoms with E-state index in [1.165, 1.54) is 6.42 Å². The van der Waals surface area contributed by atoms with Gasteiger partial charge < -0.3 is 14.8 Å². The first kappa shape index (κ1) is 14.4. The molecule has 1 aromatic carbocycles. The molecule has 1 fully saturated rings. The quantitative estimate of drug-likeness (QED) is 0.869. The Kier molecular flexibility index (Phi) is 4.44. The maximum Gasteiger partial charge on any atom is 0.164 e. The van der Waals surface area contributed by atoms with Crippen molar-refractivity contribution in [2.75, 3.05) is 19.8 Å². The number of fused-ring (bicyclic) bond motifs is 1. The van der Waals surface area contributed by atoms with Gasteiger partial charge >= 0.3 is 0 Å². The van der Waals surface area contributed by atoms with Crippen LogP contribution in [0.3, 0.4) is 0 Å². The van der Waals surface area contributed by atoms with Gasteiger partial charge in [0.1, 0.15) is 0 Å². The van der Waals surface area contributed by atoms with Gasteiger partial charge in [-0.25, -0.2) is 0 Å². The van der Waals surface area contributed by atoms with E-state index in [2.05, 4.69) is 12.2 Å². The molecule has 0 amide bonds. The number of benzene rings is 1.